The molecule has 1 aliphatic heterocycles. The van der Waals surface area contributed by atoms with Crippen LogP contribution in [0.2, 0.25) is 0 Å². The molecule has 0 unspecified atom stereocenters. The molecule has 0 radical (unpaired) electrons. The van der Waals surface area contributed by atoms with Crippen molar-refractivity contribution in [2.75, 3.05) is 26.2 Å². The van der Waals surface area contributed by atoms with Crippen LogP contribution in [0.1, 0.15) is 37.4 Å². The summed E-state index contributed by atoms with van der Waals surface area (Å²) in [6, 6.07) is 4.33. The van der Waals surface area contributed by atoms with Crippen LogP contribution < -0.4 is 0 Å². The molecule has 126 valence electrons. The summed E-state index contributed by atoms with van der Waals surface area (Å²) in [4.78, 5) is 6.31. The lowest BCUT2D eigenvalue weighted by Crippen LogP contribution is -2.45. The van der Waals surface area contributed by atoms with Gasteiger partial charge in [0.05, 0.1) is 10.3 Å². The van der Waals surface area contributed by atoms with Gasteiger partial charge < -0.3 is 4.42 Å². The summed E-state index contributed by atoms with van der Waals surface area (Å²) in [5.41, 5.74) is -0.0844. The van der Waals surface area contributed by atoms with E-state index in [0.29, 0.717) is 0 Å². The lowest BCUT2D eigenvalue weighted by atomic mass is 9.97. The van der Waals surface area contributed by atoms with Gasteiger partial charge in [-0.05, 0) is 28.1 Å². The van der Waals surface area contributed by atoms with E-state index in [1.165, 1.54) is 8.66 Å². The first-order chi connectivity index (χ1) is 10.9. The second-order valence-electron chi connectivity index (χ2n) is 7.01. The molecule has 23 heavy (non-hydrogen) atoms. The number of hydrogen-bond donors (Lipinski definition) is 0. The van der Waals surface area contributed by atoms with Gasteiger partial charge in [-0.25, -0.2) is 0 Å². The summed E-state index contributed by atoms with van der Waals surface area (Å²) in [6.07, 6.45) is 0. The zero-order chi connectivity index (χ0) is 16.4. The van der Waals surface area contributed by atoms with Crippen LogP contribution >= 0.6 is 27.3 Å². The molecule has 2 aromatic heterocycles. The fraction of sp³-hybridized carbons (Fsp3) is 0.625. The van der Waals surface area contributed by atoms with Crippen LogP contribution in [-0.2, 0) is 18.5 Å². The monoisotopic (exact) mass is 398 g/mol. The van der Waals surface area contributed by atoms with E-state index in [1.807, 2.05) is 11.3 Å². The van der Waals surface area contributed by atoms with Gasteiger partial charge in [0.1, 0.15) is 0 Å². The number of thiophene rings is 1. The minimum Gasteiger partial charge on any atom is -0.423 e. The summed E-state index contributed by atoms with van der Waals surface area (Å²) in [6.45, 7) is 12.3. The molecule has 0 aromatic carbocycles. The van der Waals surface area contributed by atoms with Crippen LogP contribution in [0.5, 0.6) is 0 Å². The molecule has 1 saturated heterocycles. The van der Waals surface area contributed by atoms with Crippen LogP contribution in [-0.4, -0.2) is 46.2 Å². The zero-order valence-corrected chi connectivity index (χ0v) is 16.3. The predicted molar refractivity (Wildman–Crippen MR) is 95.6 cm³/mol. The van der Waals surface area contributed by atoms with Gasteiger partial charge in [-0.1, -0.05) is 20.8 Å². The standard InChI is InChI=1S/C16H23BrN4OS/c1-16(2,3)15-19-18-14(22-15)11-21-8-6-20(7-9-21)10-12-4-5-13(17)23-12/h4-5H,6-11H2,1-3H3. The molecule has 3 rings (SSSR count). The Morgan fingerprint density at radius 3 is 2.26 bits per heavy atom. The fourth-order valence-corrected chi connectivity index (χ4v) is 4.10. The van der Waals surface area contributed by atoms with E-state index in [1.54, 1.807) is 0 Å². The molecule has 0 N–H and O–H groups in total. The first-order valence-electron chi connectivity index (χ1n) is 7.92. The van der Waals surface area contributed by atoms with Crippen molar-refractivity contribution in [3.8, 4) is 0 Å². The molecule has 0 aliphatic carbocycles. The summed E-state index contributed by atoms with van der Waals surface area (Å²) in [5.74, 6) is 1.44. The Morgan fingerprint density at radius 2 is 1.74 bits per heavy atom. The first kappa shape index (κ1) is 17.1. The van der Waals surface area contributed by atoms with Crippen LogP contribution in [0.15, 0.2) is 20.3 Å². The Bertz CT molecular complexity index is 641. The number of halogens is 1. The third kappa shape index (κ3) is 4.62. The van der Waals surface area contributed by atoms with Crippen molar-refractivity contribution in [2.24, 2.45) is 0 Å². The van der Waals surface area contributed by atoms with Crippen molar-refractivity contribution in [1.29, 1.82) is 0 Å². The molecule has 5 nitrogen and oxygen atoms in total. The zero-order valence-electron chi connectivity index (χ0n) is 13.9. The summed E-state index contributed by atoms with van der Waals surface area (Å²) < 4.78 is 7.00. The maximum atomic E-state index is 5.80. The van der Waals surface area contributed by atoms with E-state index in [-0.39, 0.29) is 5.41 Å². The summed E-state index contributed by atoms with van der Waals surface area (Å²) >= 11 is 5.35. The maximum absolute atomic E-state index is 5.80. The lowest BCUT2D eigenvalue weighted by molar-refractivity contribution is 0.114. The van der Waals surface area contributed by atoms with Gasteiger partial charge in [-0.3, -0.25) is 9.80 Å². The number of aromatic nitrogens is 2. The largest absolute Gasteiger partial charge is 0.423 e. The number of piperazine rings is 1. The van der Waals surface area contributed by atoms with Crippen LogP contribution in [0.4, 0.5) is 0 Å². The molecular formula is C16H23BrN4OS. The average Bonchev–Trinajstić information content (AvgIpc) is 3.10. The van der Waals surface area contributed by atoms with Crippen LogP contribution in [0, 0.1) is 0 Å². The van der Waals surface area contributed by atoms with E-state index < -0.39 is 0 Å². The average molecular weight is 399 g/mol. The Hall–Kier alpha value is -0.760. The Morgan fingerprint density at radius 1 is 1.09 bits per heavy atom. The fourth-order valence-electron chi connectivity index (χ4n) is 2.57. The topological polar surface area (TPSA) is 45.4 Å². The summed E-state index contributed by atoms with van der Waals surface area (Å²) in [5, 5.41) is 8.36. The number of hydrogen-bond acceptors (Lipinski definition) is 6. The molecule has 3 heterocycles. The minimum atomic E-state index is -0.0844. The molecule has 0 atom stereocenters. The van der Waals surface area contributed by atoms with Gasteiger partial charge in [-0.2, -0.15) is 0 Å². The highest BCUT2D eigenvalue weighted by Gasteiger charge is 2.23. The second-order valence-corrected chi connectivity index (χ2v) is 9.56. The van der Waals surface area contributed by atoms with E-state index in [0.717, 1.165) is 51.0 Å². The summed E-state index contributed by atoms with van der Waals surface area (Å²) in [7, 11) is 0. The Labute approximate surface area is 149 Å². The van der Waals surface area contributed by atoms with E-state index >= 15 is 0 Å². The van der Waals surface area contributed by atoms with Gasteiger partial charge >= 0.3 is 0 Å². The van der Waals surface area contributed by atoms with Gasteiger partial charge in [0.15, 0.2) is 0 Å². The highest BCUT2D eigenvalue weighted by molar-refractivity contribution is 9.11. The quantitative estimate of drug-likeness (QED) is 0.788. The highest BCUT2D eigenvalue weighted by Crippen LogP contribution is 2.24. The molecular weight excluding hydrogens is 376 g/mol. The van der Waals surface area contributed by atoms with Crippen molar-refractivity contribution in [1.82, 2.24) is 20.0 Å². The third-order valence-electron chi connectivity index (χ3n) is 3.94. The van der Waals surface area contributed by atoms with Gasteiger partial charge in [0.2, 0.25) is 11.8 Å². The molecule has 7 heteroatoms. The molecule has 0 spiro atoms. The highest BCUT2D eigenvalue weighted by atomic mass is 79.9. The molecule has 0 bridgehead atoms. The Balaban J connectivity index is 1.48. The van der Waals surface area contributed by atoms with Gasteiger partial charge in [0.25, 0.3) is 0 Å². The smallest absolute Gasteiger partial charge is 0.230 e. The SMILES string of the molecule is CC(C)(C)c1nnc(CN2CCN(Cc3ccc(Br)s3)CC2)o1. The Kier molecular flexibility index (Phi) is 5.20. The van der Waals surface area contributed by atoms with Gasteiger partial charge in [0, 0.05) is 43.0 Å². The second kappa shape index (κ2) is 7.01. The predicted octanol–water partition coefficient (Wildman–Crippen LogP) is 3.51. The molecule has 2 aromatic rings. The minimum absolute atomic E-state index is 0.0844. The van der Waals surface area contributed by atoms with Crippen molar-refractivity contribution in [2.45, 2.75) is 39.3 Å². The van der Waals surface area contributed by atoms with E-state index in [9.17, 15) is 0 Å². The number of rotatable bonds is 4. The molecule has 1 fully saturated rings. The van der Waals surface area contributed by atoms with Crippen molar-refractivity contribution in [3.63, 3.8) is 0 Å². The molecule has 0 saturated carbocycles. The first-order valence-corrected chi connectivity index (χ1v) is 9.53. The number of nitrogens with zero attached hydrogens (tertiary/aromatic N) is 4. The van der Waals surface area contributed by atoms with Crippen molar-refractivity contribution in [3.05, 3.63) is 32.6 Å². The lowest BCUT2D eigenvalue weighted by Gasteiger charge is -2.33. The molecule has 1 aliphatic rings. The van der Waals surface area contributed by atoms with Gasteiger partial charge in [-0.15, -0.1) is 21.5 Å². The van der Waals surface area contributed by atoms with E-state index in [4.69, 9.17) is 4.42 Å². The van der Waals surface area contributed by atoms with Crippen molar-refractivity contribution >= 4 is 27.3 Å². The van der Waals surface area contributed by atoms with Crippen LogP contribution in [0.25, 0.3) is 0 Å². The van der Waals surface area contributed by atoms with Crippen molar-refractivity contribution < 1.29 is 4.42 Å². The molecule has 0 amide bonds. The van der Waals surface area contributed by atoms with Crippen LogP contribution in [0.3, 0.4) is 0 Å². The normalized spacial score (nSPS) is 17.7. The maximum Gasteiger partial charge on any atom is 0.230 e. The van der Waals surface area contributed by atoms with E-state index in [2.05, 4.69) is 68.8 Å². The third-order valence-corrected chi connectivity index (χ3v) is 5.55.